The van der Waals surface area contributed by atoms with E-state index in [9.17, 15) is 0 Å². The van der Waals surface area contributed by atoms with Crippen LogP contribution in [0.25, 0.3) is 0 Å². The molecule has 0 radical (unpaired) electrons. The van der Waals surface area contributed by atoms with Gasteiger partial charge in [-0.05, 0) is 24.7 Å². The summed E-state index contributed by atoms with van der Waals surface area (Å²) in [4.78, 5) is 6.77. The predicted octanol–water partition coefficient (Wildman–Crippen LogP) is 0.770. The van der Waals surface area contributed by atoms with E-state index >= 15 is 0 Å². The number of benzene rings is 1. The smallest absolute Gasteiger partial charge is 0.124 e. The van der Waals surface area contributed by atoms with E-state index in [1.165, 1.54) is 0 Å². The molecule has 1 aliphatic rings. The average molecular weight is 208 g/mol. The molecule has 0 bridgehead atoms. The maximum atomic E-state index is 5.74. The maximum Gasteiger partial charge on any atom is 0.124 e. The van der Waals surface area contributed by atoms with Crippen LogP contribution in [0.2, 0.25) is 0 Å². The third-order valence-corrected chi connectivity index (χ3v) is 2.51. The summed E-state index contributed by atoms with van der Waals surface area (Å²) in [6, 6.07) is 7.83. The number of nitrogens with zero attached hydrogens (tertiary/aromatic N) is 1. The third kappa shape index (κ3) is 2.68. The number of nitrogens with two attached hydrogens (primary N) is 1. The molecule has 1 aromatic rings. The molecule has 4 nitrogen and oxygen atoms in total. The highest BCUT2D eigenvalue weighted by atomic mass is 16.6. The van der Waals surface area contributed by atoms with E-state index < -0.39 is 0 Å². The summed E-state index contributed by atoms with van der Waals surface area (Å²) in [5.74, 6) is 5.90. The van der Waals surface area contributed by atoms with Gasteiger partial charge < -0.3 is 4.74 Å². The van der Waals surface area contributed by atoms with E-state index in [2.05, 4.69) is 16.8 Å². The van der Waals surface area contributed by atoms with Crippen LogP contribution in [0.15, 0.2) is 24.3 Å². The molecule has 0 spiro atoms. The normalized spacial score (nSPS) is 17.5. The summed E-state index contributed by atoms with van der Waals surface area (Å²) in [7, 11) is 2.08. The van der Waals surface area contributed by atoms with Crippen LogP contribution >= 0.6 is 0 Å². The Morgan fingerprint density at radius 2 is 2.00 bits per heavy atom. The van der Waals surface area contributed by atoms with Gasteiger partial charge in [0.25, 0.3) is 0 Å². The van der Waals surface area contributed by atoms with Gasteiger partial charge >= 0.3 is 0 Å². The van der Waals surface area contributed by atoms with Crippen LogP contribution in [0.3, 0.4) is 0 Å². The molecule has 0 unspecified atom stereocenters. The number of hydrogen-bond donors (Lipinski definition) is 1. The lowest BCUT2D eigenvalue weighted by Crippen LogP contribution is -2.51. The molecule has 0 aromatic heterocycles. The second-order valence-electron chi connectivity index (χ2n) is 3.92. The van der Waals surface area contributed by atoms with Crippen LogP contribution < -0.4 is 10.6 Å². The standard InChI is InChI=1S/C11H16N2O2/c1-13-6-11(7-13)15-10-4-2-9(3-5-10)8-14-12/h2-5,11H,6-8,12H2,1H3. The third-order valence-electron chi connectivity index (χ3n) is 2.51. The lowest BCUT2D eigenvalue weighted by atomic mass is 10.2. The Balaban J connectivity index is 1.87. The van der Waals surface area contributed by atoms with Crippen molar-refractivity contribution in [2.45, 2.75) is 12.7 Å². The minimum atomic E-state index is 0.339. The van der Waals surface area contributed by atoms with Gasteiger partial charge in [0.2, 0.25) is 0 Å². The second-order valence-corrected chi connectivity index (χ2v) is 3.92. The Hall–Kier alpha value is -1.10. The number of hydrogen-bond acceptors (Lipinski definition) is 4. The van der Waals surface area contributed by atoms with Gasteiger partial charge in [-0.3, -0.25) is 9.74 Å². The Kier molecular flexibility index (Phi) is 3.20. The molecular formula is C11H16N2O2. The van der Waals surface area contributed by atoms with E-state index in [0.29, 0.717) is 12.7 Å². The minimum absolute atomic E-state index is 0.339. The van der Waals surface area contributed by atoms with Crippen LogP contribution in [0.4, 0.5) is 0 Å². The highest BCUT2D eigenvalue weighted by Crippen LogP contribution is 2.17. The van der Waals surface area contributed by atoms with Crippen LogP contribution in [0, 0.1) is 0 Å². The molecule has 4 heteroatoms. The highest BCUT2D eigenvalue weighted by molar-refractivity contribution is 5.27. The van der Waals surface area contributed by atoms with Crippen LogP contribution in [-0.4, -0.2) is 31.1 Å². The zero-order valence-electron chi connectivity index (χ0n) is 8.85. The van der Waals surface area contributed by atoms with Gasteiger partial charge in [0.05, 0.1) is 6.61 Å². The molecular weight excluding hydrogens is 192 g/mol. The van der Waals surface area contributed by atoms with Crippen molar-refractivity contribution in [1.82, 2.24) is 4.90 Å². The molecule has 15 heavy (non-hydrogen) atoms. The zero-order valence-corrected chi connectivity index (χ0v) is 8.85. The summed E-state index contributed by atoms with van der Waals surface area (Å²) in [6.07, 6.45) is 0.339. The van der Waals surface area contributed by atoms with Gasteiger partial charge in [0, 0.05) is 13.1 Å². The zero-order chi connectivity index (χ0) is 10.7. The Morgan fingerprint density at radius 1 is 1.33 bits per heavy atom. The van der Waals surface area contributed by atoms with Gasteiger partial charge in [-0.15, -0.1) is 0 Å². The maximum absolute atomic E-state index is 5.74. The van der Waals surface area contributed by atoms with Gasteiger partial charge in [-0.2, -0.15) is 0 Å². The Bertz CT molecular complexity index is 307. The van der Waals surface area contributed by atoms with E-state index in [-0.39, 0.29) is 0 Å². The first-order chi connectivity index (χ1) is 7.28. The largest absolute Gasteiger partial charge is 0.488 e. The molecule has 0 saturated carbocycles. The second kappa shape index (κ2) is 4.61. The number of ether oxygens (including phenoxy) is 1. The Morgan fingerprint density at radius 3 is 2.53 bits per heavy atom. The lowest BCUT2D eigenvalue weighted by molar-refractivity contribution is 0.0388. The number of likely N-dealkylation sites (tertiary alicyclic amines) is 1. The first kappa shape index (κ1) is 10.4. The SMILES string of the molecule is CN1CC(Oc2ccc(CON)cc2)C1. The summed E-state index contributed by atoms with van der Waals surface area (Å²) < 4.78 is 5.74. The van der Waals surface area contributed by atoms with Crippen molar-refractivity contribution in [3.8, 4) is 5.75 Å². The van der Waals surface area contributed by atoms with Crippen molar-refractivity contribution in [2.75, 3.05) is 20.1 Å². The molecule has 1 aromatic carbocycles. The molecule has 0 aliphatic carbocycles. The predicted molar refractivity (Wildman–Crippen MR) is 57.3 cm³/mol. The summed E-state index contributed by atoms with van der Waals surface area (Å²) in [5, 5.41) is 0. The number of rotatable bonds is 4. The molecule has 82 valence electrons. The fourth-order valence-corrected chi connectivity index (χ4v) is 1.67. The molecule has 1 aliphatic heterocycles. The quantitative estimate of drug-likeness (QED) is 0.742. The van der Waals surface area contributed by atoms with Crippen molar-refractivity contribution >= 4 is 0 Å². The Labute approximate surface area is 89.5 Å². The van der Waals surface area contributed by atoms with Crippen molar-refractivity contribution in [2.24, 2.45) is 5.90 Å². The molecule has 1 saturated heterocycles. The van der Waals surface area contributed by atoms with Crippen LogP contribution in [-0.2, 0) is 11.4 Å². The van der Waals surface area contributed by atoms with Crippen LogP contribution in [0.5, 0.6) is 5.75 Å². The molecule has 1 fully saturated rings. The van der Waals surface area contributed by atoms with Crippen molar-refractivity contribution < 1.29 is 9.57 Å². The molecule has 0 atom stereocenters. The van der Waals surface area contributed by atoms with Crippen molar-refractivity contribution in [3.05, 3.63) is 29.8 Å². The van der Waals surface area contributed by atoms with Gasteiger partial charge in [0.15, 0.2) is 0 Å². The molecule has 2 rings (SSSR count). The van der Waals surface area contributed by atoms with Crippen molar-refractivity contribution in [3.63, 3.8) is 0 Å². The molecule has 2 N–H and O–H groups in total. The monoisotopic (exact) mass is 208 g/mol. The lowest BCUT2D eigenvalue weighted by Gasteiger charge is -2.36. The number of likely N-dealkylation sites (N-methyl/N-ethyl adjacent to an activating group) is 1. The van der Waals surface area contributed by atoms with Gasteiger partial charge in [0.1, 0.15) is 11.9 Å². The van der Waals surface area contributed by atoms with E-state index in [1.54, 1.807) is 0 Å². The van der Waals surface area contributed by atoms with Gasteiger partial charge in [-0.25, -0.2) is 5.90 Å². The van der Waals surface area contributed by atoms with Crippen LogP contribution in [0.1, 0.15) is 5.56 Å². The highest BCUT2D eigenvalue weighted by Gasteiger charge is 2.24. The van der Waals surface area contributed by atoms with E-state index in [4.69, 9.17) is 10.6 Å². The van der Waals surface area contributed by atoms with E-state index in [1.807, 2.05) is 24.3 Å². The molecule has 1 heterocycles. The summed E-state index contributed by atoms with van der Waals surface area (Å²) in [5.41, 5.74) is 1.05. The summed E-state index contributed by atoms with van der Waals surface area (Å²) in [6.45, 7) is 2.45. The first-order valence-corrected chi connectivity index (χ1v) is 5.04. The average Bonchev–Trinajstić information content (AvgIpc) is 2.19. The minimum Gasteiger partial charge on any atom is -0.488 e. The fraction of sp³-hybridized carbons (Fsp3) is 0.455. The molecule has 0 amide bonds. The topological polar surface area (TPSA) is 47.7 Å². The fourth-order valence-electron chi connectivity index (χ4n) is 1.67. The van der Waals surface area contributed by atoms with E-state index in [0.717, 1.165) is 24.4 Å². The van der Waals surface area contributed by atoms with Gasteiger partial charge in [-0.1, -0.05) is 12.1 Å². The summed E-state index contributed by atoms with van der Waals surface area (Å²) >= 11 is 0. The van der Waals surface area contributed by atoms with Crippen molar-refractivity contribution in [1.29, 1.82) is 0 Å². The first-order valence-electron chi connectivity index (χ1n) is 5.04.